The average molecular weight is 368 g/mol. The molecule has 2 aromatic rings. The topological polar surface area (TPSA) is 81.6 Å². The lowest BCUT2D eigenvalue weighted by atomic mass is 10.2. The van der Waals surface area contributed by atoms with Gasteiger partial charge in [-0.1, -0.05) is 0 Å². The lowest BCUT2D eigenvalue weighted by molar-refractivity contribution is 0.0657. The summed E-state index contributed by atoms with van der Waals surface area (Å²) in [6.07, 6.45) is 3.52. The second-order valence-electron chi connectivity index (χ2n) is 6.90. The fraction of sp³-hybridized carbons (Fsp3) is 0.500. The summed E-state index contributed by atoms with van der Waals surface area (Å²) in [6, 6.07) is 5.50. The third kappa shape index (κ3) is 3.97. The molecule has 0 bridgehead atoms. The van der Waals surface area contributed by atoms with Crippen molar-refractivity contribution in [3.05, 3.63) is 36.3 Å². The van der Waals surface area contributed by atoms with Crippen molar-refractivity contribution in [2.24, 2.45) is 0 Å². The van der Waals surface area contributed by atoms with Crippen LogP contribution >= 0.6 is 0 Å². The van der Waals surface area contributed by atoms with Crippen LogP contribution in [-0.4, -0.2) is 95.3 Å². The van der Waals surface area contributed by atoms with E-state index in [2.05, 4.69) is 41.9 Å². The monoisotopic (exact) mass is 368 g/mol. The van der Waals surface area contributed by atoms with E-state index in [4.69, 9.17) is 0 Å². The van der Waals surface area contributed by atoms with Gasteiger partial charge in [0.2, 0.25) is 5.95 Å². The SMILES string of the molecule is CN1CCN(C(=O)c2ccc(N3CCN(c4ncccn4)CC3)nn2)CC1. The van der Waals surface area contributed by atoms with Crippen molar-refractivity contribution in [1.29, 1.82) is 0 Å². The standard InChI is InChI=1S/C18H24N8O/c1-23-7-9-25(10-8-23)17(27)15-3-4-16(22-21-15)24-11-13-26(14-12-24)18-19-5-2-6-20-18/h2-6H,7-14H2,1H3. The summed E-state index contributed by atoms with van der Waals surface area (Å²) in [5.41, 5.74) is 0.416. The van der Waals surface area contributed by atoms with E-state index in [0.29, 0.717) is 5.69 Å². The maximum Gasteiger partial charge on any atom is 0.274 e. The lowest BCUT2D eigenvalue weighted by Crippen LogP contribution is -2.48. The van der Waals surface area contributed by atoms with Crippen LogP contribution in [0.2, 0.25) is 0 Å². The maximum absolute atomic E-state index is 12.6. The Morgan fingerprint density at radius 3 is 2.15 bits per heavy atom. The number of piperazine rings is 2. The van der Waals surface area contributed by atoms with E-state index in [9.17, 15) is 4.79 Å². The Morgan fingerprint density at radius 2 is 1.52 bits per heavy atom. The van der Waals surface area contributed by atoms with Crippen LogP contribution in [0.4, 0.5) is 11.8 Å². The van der Waals surface area contributed by atoms with Crippen LogP contribution in [0, 0.1) is 0 Å². The van der Waals surface area contributed by atoms with Gasteiger partial charge in [-0.25, -0.2) is 9.97 Å². The van der Waals surface area contributed by atoms with Gasteiger partial charge in [0.15, 0.2) is 11.5 Å². The summed E-state index contributed by atoms with van der Waals surface area (Å²) in [7, 11) is 2.07. The Bertz CT molecular complexity index is 753. The van der Waals surface area contributed by atoms with E-state index in [1.165, 1.54) is 0 Å². The minimum atomic E-state index is -0.0341. The molecule has 0 aromatic carbocycles. The highest BCUT2D eigenvalue weighted by atomic mass is 16.2. The van der Waals surface area contributed by atoms with Crippen LogP contribution < -0.4 is 9.80 Å². The fourth-order valence-corrected chi connectivity index (χ4v) is 3.37. The second-order valence-corrected chi connectivity index (χ2v) is 6.90. The molecule has 0 atom stereocenters. The Balaban J connectivity index is 1.35. The molecule has 0 radical (unpaired) electrons. The molecule has 1 amide bonds. The van der Waals surface area contributed by atoms with Crippen molar-refractivity contribution >= 4 is 17.7 Å². The highest BCUT2D eigenvalue weighted by Gasteiger charge is 2.23. The molecular formula is C18H24N8O. The predicted octanol–water partition coefficient (Wildman–Crippen LogP) is -0.0192. The van der Waals surface area contributed by atoms with Gasteiger partial charge in [-0.15, -0.1) is 10.2 Å². The van der Waals surface area contributed by atoms with Gasteiger partial charge in [0.25, 0.3) is 5.91 Å². The van der Waals surface area contributed by atoms with Gasteiger partial charge < -0.3 is 19.6 Å². The number of carbonyl (C=O) groups is 1. The number of aromatic nitrogens is 4. The van der Waals surface area contributed by atoms with Gasteiger partial charge in [-0.05, 0) is 25.2 Å². The Labute approximate surface area is 158 Å². The molecule has 2 aliphatic rings. The largest absolute Gasteiger partial charge is 0.352 e. The molecule has 9 nitrogen and oxygen atoms in total. The summed E-state index contributed by atoms with van der Waals surface area (Å²) in [4.78, 5) is 29.6. The first-order valence-corrected chi connectivity index (χ1v) is 9.29. The quantitative estimate of drug-likeness (QED) is 0.748. The van der Waals surface area contributed by atoms with Crippen molar-refractivity contribution in [3.8, 4) is 0 Å². The maximum atomic E-state index is 12.6. The number of nitrogens with zero attached hydrogens (tertiary/aromatic N) is 8. The van der Waals surface area contributed by atoms with Gasteiger partial charge in [-0.2, -0.15) is 0 Å². The number of likely N-dealkylation sites (N-methyl/N-ethyl adjacent to an activating group) is 1. The van der Waals surface area contributed by atoms with Crippen LogP contribution in [0.15, 0.2) is 30.6 Å². The number of rotatable bonds is 3. The Morgan fingerprint density at radius 1 is 0.852 bits per heavy atom. The minimum absolute atomic E-state index is 0.0341. The van der Waals surface area contributed by atoms with Gasteiger partial charge >= 0.3 is 0 Å². The zero-order valence-electron chi connectivity index (χ0n) is 15.5. The molecule has 4 heterocycles. The summed E-state index contributed by atoms with van der Waals surface area (Å²) in [6.45, 7) is 6.56. The van der Waals surface area contributed by atoms with Crippen LogP contribution in [-0.2, 0) is 0 Å². The Hall–Kier alpha value is -2.81. The first-order chi connectivity index (χ1) is 13.2. The highest BCUT2D eigenvalue weighted by molar-refractivity contribution is 5.92. The molecule has 4 rings (SSSR count). The molecule has 0 unspecified atom stereocenters. The molecule has 2 fully saturated rings. The van der Waals surface area contributed by atoms with E-state index < -0.39 is 0 Å². The summed E-state index contributed by atoms with van der Waals surface area (Å²) < 4.78 is 0. The average Bonchev–Trinajstić information content (AvgIpc) is 2.75. The number of anilines is 2. The van der Waals surface area contributed by atoms with Gasteiger partial charge in [-0.3, -0.25) is 4.79 Å². The van der Waals surface area contributed by atoms with Crippen LogP contribution in [0.3, 0.4) is 0 Å². The molecule has 0 aliphatic carbocycles. The van der Waals surface area contributed by atoms with E-state index in [0.717, 1.165) is 64.1 Å². The third-order valence-electron chi connectivity index (χ3n) is 5.10. The first-order valence-electron chi connectivity index (χ1n) is 9.29. The molecule has 2 aliphatic heterocycles. The van der Waals surface area contributed by atoms with Crippen LogP contribution in [0.5, 0.6) is 0 Å². The predicted molar refractivity (Wildman–Crippen MR) is 102 cm³/mol. The summed E-state index contributed by atoms with van der Waals surface area (Å²) in [5.74, 6) is 1.53. The van der Waals surface area contributed by atoms with Crippen LogP contribution in [0.25, 0.3) is 0 Å². The normalized spacial score (nSPS) is 18.6. The summed E-state index contributed by atoms with van der Waals surface area (Å²) >= 11 is 0. The van der Waals surface area contributed by atoms with Crippen LogP contribution in [0.1, 0.15) is 10.5 Å². The molecule has 0 saturated carbocycles. The molecule has 2 aromatic heterocycles. The molecule has 2 saturated heterocycles. The number of carbonyl (C=O) groups excluding carboxylic acids is 1. The molecular weight excluding hydrogens is 344 g/mol. The lowest BCUT2D eigenvalue weighted by Gasteiger charge is -2.35. The van der Waals surface area contributed by atoms with E-state index >= 15 is 0 Å². The molecule has 142 valence electrons. The summed E-state index contributed by atoms with van der Waals surface area (Å²) in [5, 5.41) is 8.49. The molecule has 27 heavy (non-hydrogen) atoms. The zero-order valence-corrected chi connectivity index (χ0v) is 15.5. The number of hydrogen-bond acceptors (Lipinski definition) is 8. The zero-order chi connectivity index (χ0) is 18.6. The fourth-order valence-electron chi connectivity index (χ4n) is 3.37. The van der Waals surface area contributed by atoms with Crippen molar-refractivity contribution in [2.45, 2.75) is 0 Å². The second kappa shape index (κ2) is 7.83. The van der Waals surface area contributed by atoms with Gasteiger partial charge in [0, 0.05) is 64.8 Å². The minimum Gasteiger partial charge on any atom is -0.352 e. The van der Waals surface area contributed by atoms with Crippen molar-refractivity contribution in [1.82, 2.24) is 30.0 Å². The smallest absolute Gasteiger partial charge is 0.274 e. The number of hydrogen-bond donors (Lipinski definition) is 0. The molecule has 9 heteroatoms. The number of amides is 1. The molecule has 0 spiro atoms. The van der Waals surface area contributed by atoms with Crippen molar-refractivity contribution in [2.75, 3.05) is 69.2 Å². The highest BCUT2D eigenvalue weighted by Crippen LogP contribution is 2.16. The third-order valence-corrected chi connectivity index (χ3v) is 5.10. The van der Waals surface area contributed by atoms with E-state index in [-0.39, 0.29) is 5.91 Å². The van der Waals surface area contributed by atoms with Crippen molar-refractivity contribution in [3.63, 3.8) is 0 Å². The van der Waals surface area contributed by atoms with E-state index in [1.807, 2.05) is 17.0 Å². The Kier molecular flexibility index (Phi) is 5.10. The first kappa shape index (κ1) is 17.6. The van der Waals surface area contributed by atoms with E-state index in [1.54, 1.807) is 18.5 Å². The van der Waals surface area contributed by atoms with Crippen molar-refractivity contribution < 1.29 is 4.79 Å². The van der Waals surface area contributed by atoms with Gasteiger partial charge in [0.05, 0.1) is 0 Å². The van der Waals surface area contributed by atoms with Gasteiger partial charge in [0.1, 0.15) is 0 Å². The molecule has 0 N–H and O–H groups in total.